The Kier molecular flexibility index (Phi) is 5.19. The molecular formula is C17H27F3. The van der Waals surface area contributed by atoms with Gasteiger partial charge >= 0.3 is 6.18 Å². The van der Waals surface area contributed by atoms with Gasteiger partial charge in [0.1, 0.15) is 0 Å². The molecule has 0 aromatic carbocycles. The predicted octanol–water partition coefficient (Wildman–Crippen LogP) is 6.13. The lowest BCUT2D eigenvalue weighted by Crippen LogP contribution is -2.36. The van der Waals surface area contributed by atoms with Crippen molar-refractivity contribution < 1.29 is 13.2 Å². The Morgan fingerprint density at radius 1 is 1.20 bits per heavy atom. The summed E-state index contributed by atoms with van der Waals surface area (Å²) in [6.45, 7) is 4.11. The first-order valence-electron chi connectivity index (χ1n) is 8.08. The highest BCUT2D eigenvalue weighted by atomic mass is 19.4. The summed E-state index contributed by atoms with van der Waals surface area (Å²) in [6.07, 6.45) is 5.47. The largest absolute Gasteiger partial charge is 0.392 e. The maximum absolute atomic E-state index is 13.2. The van der Waals surface area contributed by atoms with E-state index in [1.165, 1.54) is 5.57 Å². The molecule has 0 aromatic heterocycles. The van der Waals surface area contributed by atoms with E-state index in [1.54, 1.807) is 0 Å². The standard InChI is InChI=1S/C17H27F3/c1-12-4-3-5-14(8-6-12)11-15-9-7-13(2)10-16(15)17(18,19)20/h6,13-16H,3-5,7-11H2,1-2H3. The lowest BCUT2D eigenvalue weighted by atomic mass is 9.70. The summed E-state index contributed by atoms with van der Waals surface area (Å²) in [5, 5.41) is 0. The van der Waals surface area contributed by atoms with Gasteiger partial charge in [-0.15, -0.1) is 0 Å². The fourth-order valence-electron chi connectivity index (χ4n) is 4.03. The van der Waals surface area contributed by atoms with E-state index in [2.05, 4.69) is 13.0 Å². The topological polar surface area (TPSA) is 0 Å². The van der Waals surface area contributed by atoms with Crippen molar-refractivity contribution in [2.45, 2.75) is 71.4 Å². The highest BCUT2D eigenvalue weighted by molar-refractivity contribution is 5.01. The van der Waals surface area contributed by atoms with Crippen LogP contribution < -0.4 is 0 Å². The van der Waals surface area contributed by atoms with Crippen LogP contribution in [0.5, 0.6) is 0 Å². The van der Waals surface area contributed by atoms with Crippen molar-refractivity contribution in [3.8, 4) is 0 Å². The van der Waals surface area contributed by atoms with Crippen LogP contribution in [0.15, 0.2) is 11.6 Å². The van der Waals surface area contributed by atoms with E-state index < -0.39 is 12.1 Å². The molecule has 0 amide bonds. The Morgan fingerprint density at radius 2 is 1.95 bits per heavy atom. The third-order valence-corrected chi connectivity index (χ3v) is 5.30. The van der Waals surface area contributed by atoms with Crippen LogP contribution in [0.2, 0.25) is 0 Å². The highest BCUT2D eigenvalue weighted by Gasteiger charge is 2.47. The molecule has 0 spiro atoms. The number of hydrogen-bond acceptors (Lipinski definition) is 0. The van der Waals surface area contributed by atoms with Crippen molar-refractivity contribution in [3.05, 3.63) is 11.6 Å². The third-order valence-electron chi connectivity index (χ3n) is 5.30. The van der Waals surface area contributed by atoms with Gasteiger partial charge in [-0.1, -0.05) is 25.0 Å². The Hall–Kier alpha value is -0.470. The molecule has 0 aromatic rings. The average molecular weight is 288 g/mol. The van der Waals surface area contributed by atoms with Crippen LogP contribution in [-0.2, 0) is 0 Å². The summed E-state index contributed by atoms with van der Waals surface area (Å²) in [4.78, 5) is 0. The minimum absolute atomic E-state index is 0.136. The van der Waals surface area contributed by atoms with Gasteiger partial charge in [0.15, 0.2) is 0 Å². The number of hydrogen-bond donors (Lipinski definition) is 0. The van der Waals surface area contributed by atoms with Gasteiger partial charge in [-0.25, -0.2) is 0 Å². The molecule has 2 aliphatic carbocycles. The van der Waals surface area contributed by atoms with E-state index in [4.69, 9.17) is 0 Å². The van der Waals surface area contributed by atoms with Crippen molar-refractivity contribution in [3.63, 3.8) is 0 Å². The van der Waals surface area contributed by atoms with Crippen LogP contribution in [0, 0.1) is 23.7 Å². The highest BCUT2D eigenvalue weighted by Crippen LogP contribution is 2.46. The van der Waals surface area contributed by atoms with E-state index in [9.17, 15) is 13.2 Å². The number of halogens is 3. The zero-order valence-electron chi connectivity index (χ0n) is 12.7. The Morgan fingerprint density at radius 3 is 2.65 bits per heavy atom. The molecule has 1 fully saturated rings. The molecule has 3 heteroatoms. The Labute approximate surface area is 120 Å². The molecule has 0 nitrogen and oxygen atoms in total. The van der Waals surface area contributed by atoms with Gasteiger partial charge in [-0.2, -0.15) is 13.2 Å². The molecule has 4 unspecified atom stereocenters. The molecule has 0 saturated heterocycles. The molecule has 116 valence electrons. The molecule has 2 aliphatic rings. The van der Waals surface area contributed by atoms with Crippen molar-refractivity contribution in [2.75, 3.05) is 0 Å². The monoisotopic (exact) mass is 288 g/mol. The second kappa shape index (κ2) is 6.53. The van der Waals surface area contributed by atoms with E-state index in [-0.39, 0.29) is 11.8 Å². The molecule has 4 atom stereocenters. The molecule has 0 heterocycles. The smallest absolute Gasteiger partial charge is 0.171 e. The zero-order valence-corrected chi connectivity index (χ0v) is 12.7. The molecule has 0 N–H and O–H groups in total. The first-order valence-corrected chi connectivity index (χ1v) is 8.08. The van der Waals surface area contributed by atoms with Crippen LogP contribution in [-0.4, -0.2) is 6.18 Å². The third kappa shape index (κ3) is 4.26. The van der Waals surface area contributed by atoms with Crippen LogP contribution in [0.4, 0.5) is 13.2 Å². The summed E-state index contributed by atoms with van der Waals surface area (Å²) in [7, 11) is 0. The Bertz CT molecular complexity index is 343. The quantitative estimate of drug-likeness (QED) is 0.536. The van der Waals surface area contributed by atoms with Gasteiger partial charge in [0.2, 0.25) is 0 Å². The van der Waals surface area contributed by atoms with Gasteiger partial charge in [0.05, 0.1) is 5.92 Å². The SMILES string of the molecule is CC1=CCC(CC2CCC(C)CC2C(F)(F)F)CCC1. The van der Waals surface area contributed by atoms with Gasteiger partial charge in [-0.05, 0) is 69.6 Å². The predicted molar refractivity (Wildman–Crippen MR) is 76.4 cm³/mol. The van der Waals surface area contributed by atoms with Gasteiger partial charge in [0.25, 0.3) is 0 Å². The van der Waals surface area contributed by atoms with Crippen molar-refractivity contribution >= 4 is 0 Å². The van der Waals surface area contributed by atoms with E-state index in [0.717, 1.165) is 44.9 Å². The first-order chi connectivity index (χ1) is 9.36. The Balaban J connectivity index is 1.99. The number of alkyl halides is 3. The van der Waals surface area contributed by atoms with Gasteiger partial charge in [-0.3, -0.25) is 0 Å². The molecule has 0 radical (unpaired) electrons. The second-order valence-corrected chi connectivity index (χ2v) is 7.11. The summed E-state index contributed by atoms with van der Waals surface area (Å²) in [5.41, 5.74) is 1.41. The number of rotatable bonds is 2. The minimum atomic E-state index is -4.00. The van der Waals surface area contributed by atoms with Crippen LogP contribution in [0.25, 0.3) is 0 Å². The minimum Gasteiger partial charge on any atom is -0.171 e. The maximum atomic E-state index is 13.2. The van der Waals surface area contributed by atoms with E-state index in [0.29, 0.717) is 12.3 Å². The van der Waals surface area contributed by atoms with E-state index in [1.807, 2.05) is 6.92 Å². The normalized spacial score (nSPS) is 36.4. The molecule has 2 rings (SSSR count). The summed E-state index contributed by atoms with van der Waals surface area (Å²) >= 11 is 0. The fourth-order valence-corrected chi connectivity index (χ4v) is 4.03. The lowest BCUT2D eigenvalue weighted by molar-refractivity contribution is -0.201. The maximum Gasteiger partial charge on any atom is 0.392 e. The van der Waals surface area contributed by atoms with Crippen molar-refractivity contribution in [2.24, 2.45) is 23.7 Å². The summed E-state index contributed by atoms with van der Waals surface area (Å²) in [6, 6.07) is 0. The second-order valence-electron chi connectivity index (χ2n) is 7.11. The molecule has 0 aliphatic heterocycles. The average Bonchev–Trinajstić information content (AvgIpc) is 2.55. The first kappa shape index (κ1) is 15.9. The van der Waals surface area contributed by atoms with Crippen molar-refractivity contribution in [1.29, 1.82) is 0 Å². The van der Waals surface area contributed by atoms with E-state index >= 15 is 0 Å². The van der Waals surface area contributed by atoms with Crippen molar-refractivity contribution in [1.82, 2.24) is 0 Å². The zero-order chi connectivity index (χ0) is 14.8. The molecule has 20 heavy (non-hydrogen) atoms. The number of allylic oxidation sites excluding steroid dienone is 2. The molecule has 1 saturated carbocycles. The van der Waals surface area contributed by atoms with Crippen LogP contribution in [0.1, 0.15) is 65.2 Å². The molecule has 0 bridgehead atoms. The summed E-state index contributed by atoms with van der Waals surface area (Å²) < 4.78 is 39.7. The van der Waals surface area contributed by atoms with Gasteiger partial charge < -0.3 is 0 Å². The molecular weight excluding hydrogens is 261 g/mol. The van der Waals surface area contributed by atoms with Gasteiger partial charge in [0, 0.05) is 0 Å². The van der Waals surface area contributed by atoms with Crippen LogP contribution in [0.3, 0.4) is 0 Å². The lowest BCUT2D eigenvalue weighted by Gasteiger charge is -2.37. The van der Waals surface area contributed by atoms with Crippen LogP contribution >= 0.6 is 0 Å². The fraction of sp³-hybridized carbons (Fsp3) is 0.882. The summed E-state index contributed by atoms with van der Waals surface area (Å²) in [5.74, 6) is -0.493.